The molecular formula is C30H31N5O2. The van der Waals surface area contributed by atoms with Gasteiger partial charge in [-0.3, -0.25) is 14.6 Å². The van der Waals surface area contributed by atoms with E-state index in [1.165, 1.54) is 5.56 Å². The molecule has 1 aliphatic heterocycles. The number of nitrogens with zero attached hydrogens (tertiary/aromatic N) is 5. The molecule has 0 unspecified atom stereocenters. The van der Waals surface area contributed by atoms with Gasteiger partial charge in [0.1, 0.15) is 5.69 Å². The molecule has 2 aromatic carbocycles. The van der Waals surface area contributed by atoms with Crippen molar-refractivity contribution in [3.63, 3.8) is 0 Å². The normalized spacial score (nSPS) is 14.8. The second kappa shape index (κ2) is 11.2. The molecule has 0 radical (unpaired) electrons. The zero-order chi connectivity index (χ0) is 25.6. The molecule has 188 valence electrons. The molecule has 2 aromatic heterocycles. The first-order chi connectivity index (χ1) is 18.1. The maximum Gasteiger partial charge on any atom is 0.272 e. The topological polar surface area (TPSA) is 71.3 Å². The van der Waals surface area contributed by atoms with E-state index >= 15 is 0 Å². The molecule has 0 N–H and O–H groups in total. The summed E-state index contributed by atoms with van der Waals surface area (Å²) in [5.41, 5.74) is 3.17. The highest BCUT2D eigenvalue weighted by Gasteiger charge is 2.33. The molecule has 0 saturated carbocycles. The molecule has 4 aromatic rings. The van der Waals surface area contributed by atoms with Gasteiger partial charge in [0.15, 0.2) is 0 Å². The second-order valence-electron chi connectivity index (χ2n) is 9.52. The van der Waals surface area contributed by atoms with E-state index in [0.717, 1.165) is 24.9 Å². The van der Waals surface area contributed by atoms with Crippen molar-refractivity contribution in [2.24, 2.45) is 5.92 Å². The highest BCUT2D eigenvalue weighted by molar-refractivity contribution is 5.95. The Kier molecular flexibility index (Phi) is 7.40. The number of amides is 2. The van der Waals surface area contributed by atoms with E-state index in [1.807, 2.05) is 83.7 Å². The minimum absolute atomic E-state index is 0.0114. The summed E-state index contributed by atoms with van der Waals surface area (Å²) < 4.78 is 1.76. The van der Waals surface area contributed by atoms with Crippen molar-refractivity contribution in [1.29, 1.82) is 0 Å². The van der Waals surface area contributed by atoms with Gasteiger partial charge in [-0.1, -0.05) is 42.5 Å². The molecule has 2 amide bonds. The largest absolute Gasteiger partial charge is 0.339 e. The molecule has 7 nitrogen and oxygen atoms in total. The van der Waals surface area contributed by atoms with Crippen molar-refractivity contribution in [3.8, 4) is 5.69 Å². The predicted molar refractivity (Wildman–Crippen MR) is 142 cm³/mol. The van der Waals surface area contributed by atoms with Gasteiger partial charge < -0.3 is 9.80 Å². The molecule has 1 saturated heterocycles. The third-order valence-corrected chi connectivity index (χ3v) is 7.22. The van der Waals surface area contributed by atoms with E-state index in [9.17, 15) is 9.59 Å². The van der Waals surface area contributed by atoms with Gasteiger partial charge in [0.25, 0.3) is 11.8 Å². The van der Waals surface area contributed by atoms with Crippen LogP contribution in [0.3, 0.4) is 0 Å². The monoisotopic (exact) mass is 493 g/mol. The highest BCUT2D eigenvalue weighted by Crippen LogP contribution is 2.28. The minimum Gasteiger partial charge on any atom is -0.339 e. The molecule has 3 heterocycles. The number of carbonyl (C=O) groups excluding carboxylic acids is 2. The Bertz CT molecular complexity index is 1320. The number of benzene rings is 2. The van der Waals surface area contributed by atoms with E-state index in [-0.39, 0.29) is 23.8 Å². The van der Waals surface area contributed by atoms with Crippen LogP contribution in [0.2, 0.25) is 0 Å². The van der Waals surface area contributed by atoms with Gasteiger partial charge in [-0.15, -0.1) is 0 Å². The fourth-order valence-electron chi connectivity index (χ4n) is 5.17. The Labute approximate surface area is 217 Å². The lowest BCUT2D eigenvalue weighted by molar-refractivity contribution is 0.0519. The molecule has 1 aliphatic rings. The second-order valence-corrected chi connectivity index (χ2v) is 9.52. The van der Waals surface area contributed by atoms with Gasteiger partial charge in [0.05, 0.1) is 5.69 Å². The van der Waals surface area contributed by atoms with Gasteiger partial charge in [-0.05, 0) is 67.1 Å². The maximum absolute atomic E-state index is 13.3. The van der Waals surface area contributed by atoms with E-state index in [1.54, 1.807) is 23.1 Å². The van der Waals surface area contributed by atoms with Gasteiger partial charge in [0, 0.05) is 50.3 Å². The van der Waals surface area contributed by atoms with Gasteiger partial charge >= 0.3 is 0 Å². The van der Waals surface area contributed by atoms with E-state index in [4.69, 9.17) is 0 Å². The molecule has 37 heavy (non-hydrogen) atoms. The van der Waals surface area contributed by atoms with Crippen molar-refractivity contribution in [2.75, 3.05) is 20.1 Å². The Morgan fingerprint density at radius 1 is 0.946 bits per heavy atom. The minimum atomic E-state index is -0.0736. The summed E-state index contributed by atoms with van der Waals surface area (Å²) in [7, 11) is 1.88. The maximum atomic E-state index is 13.3. The van der Waals surface area contributed by atoms with Gasteiger partial charge in [0.2, 0.25) is 0 Å². The summed E-state index contributed by atoms with van der Waals surface area (Å²) in [6, 6.07) is 25.2. The third kappa shape index (κ3) is 5.61. The number of hydrogen-bond acceptors (Lipinski definition) is 4. The lowest BCUT2D eigenvalue weighted by atomic mass is 9.84. The quantitative estimate of drug-likeness (QED) is 0.380. The summed E-state index contributed by atoms with van der Waals surface area (Å²) in [6.45, 7) is 1.32. The van der Waals surface area contributed by atoms with Crippen molar-refractivity contribution in [2.45, 2.75) is 25.3 Å². The first-order valence-corrected chi connectivity index (χ1v) is 12.7. The molecule has 5 rings (SSSR count). The van der Waals surface area contributed by atoms with Crippen LogP contribution in [0.4, 0.5) is 0 Å². The van der Waals surface area contributed by atoms with Crippen LogP contribution < -0.4 is 0 Å². The number of likely N-dealkylation sites (N-methyl/N-ethyl adjacent to an activating group) is 1. The van der Waals surface area contributed by atoms with Gasteiger partial charge in [-0.2, -0.15) is 5.10 Å². The number of likely N-dealkylation sites (tertiary alicyclic amines) is 1. The molecule has 7 heteroatoms. The Morgan fingerprint density at radius 2 is 1.73 bits per heavy atom. The fraction of sp³-hybridized carbons (Fsp3) is 0.267. The number of carbonyl (C=O) groups is 2. The zero-order valence-electron chi connectivity index (χ0n) is 21.0. The molecular weight excluding hydrogens is 462 g/mol. The first kappa shape index (κ1) is 24.4. The predicted octanol–water partition coefficient (Wildman–Crippen LogP) is 4.50. The molecule has 1 atom stereocenters. The summed E-state index contributed by atoms with van der Waals surface area (Å²) in [5, 5.41) is 4.27. The standard InChI is InChI=1S/C30H31N5O2/c1-33(30(37)27-13-5-6-16-31-27)28(21-23-9-3-2-4-10-23)24-14-19-34(20-15-24)29(36)25-11-7-12-26(22-25)35-18-8-17-32-35/h2-13,16-18,22,24,28H,14-15,19-21H2,1H3/t28-/m1/s1. The number of hydrogen-bond donors (Lipinski definition) is 0. The third-order valence-electron chi connectivity index (χ3n) is 7.22. The van der Waals surface area contributed by atoms with E-state index in [2.05, 4.69) is 22.2 Å². The molecule has 0 bridgehead atoms. The van der Waals surface area contributed by atoms with E-state index < -0.39 is 0 Å². The molecule has 1 fully saturated rings. The number of piperidine rings is 1. The zero-order valence-corrected chi connectivity index (χ0v) is 21.0. The van der Waals surface area contributed by atoms with Crippen LogP contribution in [0.15, 0.2) is 97.5 Å². The molecule has 0 spiro atoms. The van der Waals surface area contributed by atoms with Crippen LogP contribution in [-0.4, -0.2) is 62.6 Å². The lowest BCUT2D eigenvalue weighted by Gasteiger charge is -2.40. The van der Waals surface area contributed by atoms with Crippen molar-refractivity contribution >= 4 is 11.8 Å². The average molecular weight is 494 g/mol. The van der Waals surface area contributed by atoms with Crippen molar-refractivity contribution in [3.05, 3.63) is 114 Å². The van der Waals surface area contributed by atoms with Crippen molar-refractivity contribution in [1.82, 2.24) is 24.6 Å². The first-order valence-electron chi connectivity index (χ1n) is 12.7. The summed E-state index contributed by atoms with van der Waals surface area (Å²) in [4.78, 5) is 34.7. The average Bonchev–Trinajstić information content (AvgIpc) is 3.51. The summed E-state index contributed by atoms with van der Waals surface area (Å²) >= 11 is 0. The Balaban J connectivity index is 1.30. The summed E-state index contributed by atoms with van der Waals surface area (Å²) in [5.74, 6) is 0.234. The highest BCUT2D eigenvalue weighted by atomic mass is 16.2. The SMILES string of the molecule is CN(C(=O)c1ccccn1)[C@H](Cc1ccccc1)C1CCN(C(=O)c2cccc(-n3cccn3)c2)CC1. The van der Waals surface area contributed by atoms with Crippen LogP contribution in [-0.2, 0) is 6.42 Å². The lowest BCUT2D eigenvalue weighted by Crippen LogP contribution is -2.48. The number of rotatable bonds is 7. The number of pyridine rings is 1. The van der Waals surface area contributed by atoms with E-state index in [0.29, 0.717) is 24.3 Å². The van der Waals surface area contributed by atoms with Crippen molar-refractivity contribution < 1.29 is 9.59 Å². The van der Waals surface area contributed by atoms with Crippen LogP contribution in [0.1, 0.15) is 39.3 Å². The Morgan fingerprint density at radius 3 is 2.43 bits per heavy atom. The van der Waals surface area contributed by atoms with Crippen LogP contribution in [0.25, 0.3) is 5.69 Å². The van der Waals surface area contributed by atoms with Crippen LogP contribution in [0.5, 0.6) is 0 Å². The number of aromatic nitrogens is 3. The van der Waals surface area contributed by atoms with Crippen LogP contribution >= 0.6 is 0 Å². The summed E-state index contributed by atoms with van der Waals surface area (Å²) in [6.07, 6.45) is 7.68. The fourth-order valence-corrected chi connectivity index (χ4v) is 5.17. The van der Waals surface area contributed by atoms with Gasteiger partial charge in [-0.25, -0.2) is 4.68 Å². The smallest absolute Gasteiger partial charge is 0.272 e. The van der Waals surface area contributed by atoms with Crippen LogP contribution in [0, 0.1) is 5.92 Å². The Hall–Kier alpha value is -4.26. The molecule has 0 aliphatic carbocycles.